The standard InChI is InChI=1S/C12H18N2O2S/c1-7-4-3-5-9(7)6-13-12-14-10(11(15)16)8(2)17-12/h7,9H,3-6H2,1-2H3,(H,13,14)(H,15,16). The van der Waals surface area contributed by atoms with Gasteiger partial charge in [-0.05, 0) is 25.2 Å². The van der Waals surface area contributed by atoms with E-state index in [1.54, 1.807) is 6.92 Å². The highest BCUT2D eigenvalue weighted by Gasteiger charge is 2.23. The van der Waals surface area contributed by atoms with Gasteiger partial charge < -0.3 is 10.4 Å². The fraction of sp³-hybridized carbons (Fsp3) is 0.667. The van der Waals surface area contributed by atoms with E-state index in [4.69, 9.17) is 5.11 Å². The van der Waals surface area contributed by atoms with Gasteiger partial charge in [0.25, 0.3) is 0 Å². The number of hydrogen-bond acceptors (Lipinski definition) is 4. The van der Waals surface area contributed by atoms with Gasteiger partial charge in [0.1, 0.15) is 0 Å². The molecule has 2 atom stereocenters. The number of aryl methyl sites for hydroxylation is 1. The van der Waals surface area contributed by atoms with E-state index in [1.807, 2.05) is 0 Å². The molecular weight excluding hydrogens is 236 g/mol. The molecule has 4 nitrogen and oxygen atoms in total. The average molecular weight is 254 g/mol. The summed E-state index contributed by atoms with van der Waals surface area (Å²) in [5, 5.41) is 12.9. The summed E-state index contributed by atoms with van der Waals surface area (Å²) < 4.78 is 0. The van der Waals surface area contributed by atoms with Crippen LogP contribution in [0.15, 0.2) is 0 Å². The molecule has 17 heavy (non-hydrogen) atoms. The molecule has 0 aliphatic heterocycles. The van der Waals surface area contributed by atoms with Crippen molar-refractivity contribution in [1.29, 1.82) is 0 Å². The Kier molecular flexibility index (Phi) is 3.66. The summed E-state index contributed by atoms with van der Waals surface area (Å²) in [7, 11) is 0. The third kappa shape index (κ3) is 2.77. The van der Waals surface area contributed by atoms with Crippen molar-refractivity contribution in [3.05, 3.63) is 10.6 Å². The molecule has 0 amide bonds. The van der Waals surface area contributed by atoms with Crippen molar-refractivity contribution in [3.63, 3.8) is 0 Å². The molecule has 1 aromatic rings. The number of hydrogen-bond donors (Lipinski definition) is 2. The number of nitrogens with zero attached hydrogens (tertiary/aromatic N) is 1. The molecule has 0 spiro atoms. The number of aromatic carboxylic acids is 1. The van der Waals surface area contributed by atoms with Crippen LogP contribution in [0.2, 0.25) is 0 Å². The van der Waals surface area contributed by atoms with E-state index in [2.05, 4.69) is 17.2 Å². The maximum absolute atomic E-state index is 10.9. The van der Waals surface area contributed by atoms with Gasteiger partial charge in [0, 0.05) is 11.4 Å². The van der Waals surface area contributed by atoms with Crippen LogP contribution >= 0.6 is 11.3 Å². The zero-order valence-corrected chi connectivity index (χ0v) is 11.0. The van der Waals surface area contributed by atoms with Gasteiger partial charge >= 0.3 is 5.97 Å². The molecule has 2 N–H and O–H groups in total. The summed E-state index contributed by atoms with van der Waals surface area (Å²) in [5.41, 5.74) is 0.178. The van der Waals surface area contributed by atoms with Gasteiger partial charge in [-0.15, -0.1) is 11.3 Å². The van der Waals surface area contributed by atoms with Crippen LogP contribution in [0.4, 0.5) is 5.13 Å². The fourth-order valence-electron chi connectivity index (χ4n) is 2.41. The summed E-state index contributed by atoms with van der Waals surface area (Å²) >= 11 is 1.42. The third-order valence-electron chi connectivity index (χ3n) is 3.55. The molecule has 0 aromatic carbocycles. The van der Waals surface area contributed by atoms with Gasteiger partial charge in [0.2, 0.25) is 0 Å². The predicted molar refractivity (Wildman–Crippen MR) is 68.8 cm³/mol. The van der Waals surface area contributed by atoms with Gasteiger partial charge in [0.15, 0.2) is 10.8 Å². The normalized spacial score (nSPS) is 23.9. The van der Waals surface area contributed by atoms with Crippen LogP contribution in [0, 0.1) is 18.8 Å². The van der Waals surface area contributed by atoms with Gasteiger partial charge in [-0.2, -0.15) is 0 Å². The minimum Gasteiger partial charge on any atom is -0.476 e. The highest BCUT2D eigenvalue weighted by molar-refractivity contribution is 7.15. The van der Waals surface area contributed by atoms with E-state index < -0.39 is 5.97 Å². The SMILES string of the molecule is Cc1sc(NCC2CCCC2C)nc1C(=O)O. The van der Waals surface area contributed by atoms with Crippen LogP contribution in [0.3, 0.4) is 0 Å². The number of rotatable bonds is 4. The molecule has 1 aromatic heterocycles. The predicted octanol–water partition coefficient (Wildman–Crippen LogP) is 3.00. The quantitative estimate of drug-likeness (QED) is 0.867. The number of carbonyl (C=O) groups is 1. The van der Waals surface area contributed by atoms with Gasteiger partial charge in [0.05, 0.1) is 0 Å². The van der Waals surface area contributed by atoms with Crippen molar-refractivity contribution in [2.75, 3.05) is 11.9 Å². The summed E-state index contributed by atoms with van der Waals surface area (Å²) in [6.45, 7) is 4.99. The van der Waals surface area contributed by atoms with Crippen LogP contribution in [-0.4, -0.2) is 22.6 Å². The van der Waals surface area contributed by atoms with Gasteiger partial charge in [-0.1, -0.05) is 19.8 Å². The molecule has 5 heteroatoms. The first kappa shape index (κ1) is 12.4. The Morgan fingerprint density at radius 2 is 2.35 bits per heavy atom. The van der Waals surface area contributed by atoms with Crippen molar-refractivity contribution in [2.45, 2.75) is 33.1 Å². The van der Waals surface area contributed by atoms with Crippen molar-refractivity contribution in [1.82, 2.24) is 4.98 Å². The smallest absolute Gasteiger partial charge is 0.355 e. The second kappa shape index (κ2) is 5.04. The lowest BCUT2D eigenvalue weighted by Crippen LogP contribution is -2.16. The molecule has 94 valence electrons. The lowest BCUT2D eigenvalue weighted by Gasteiger charge is -2.15. The Balaban J connectivity index is 1.95. The van der Waals surface area contributed by atoms with Gasteiger partial charge in [-0.25, -0.2) is 9.78 Å². The average Bonchev–Trinajstić information content (AvgIpc) is 2.82. The Morgan fingerprint density at radius 3 is 2.88 bits per heavy atom. The van der Waals surface area contributed by atoms with Crippen LogP contribution in [-0.2, 0) is 0 Å². The van der Waals surface area contributed by atoms with Crippen molar-refractivity contribution in [2.24, 2.45) is 11.8 Å². The number of anilines is 1. The third-order valence-corrected chi connectivity index (χ3v) is 4.48. The number of carboxylic acid groups (broad SMARTS) is 1. The van der Waals surface area contributed by atoms with E-state index >= 15 is 0 Å². The summed E-state index contributed by atoms with van der Waals surface area (Å²) in [5.74, 6) is 0.524. The molecule has 1 aliphatic carbocycles. The summed E-state index contributed by atoms with van der Waals surface area (Å²) in [6, 6.07) is 0. The topological polar surface area (TPSA) is 62.2 Å². The molecule has 1 aliphatic rings. The first-order valence-corrected chi connectivity index (χ1v) is 6.84. The largest absolute Gasteiger partial charge is 0.476 e. The highest BCUT2D eigenvalue weighted by atomic mass is 32.1. The lowest BCUT2D eigenvalue weighted by molar-refractivity contribution is 0.0690. The van der Waals surface area contributed by atoms with E-state index in [9.17, 15) is 4.79 Å². The fourth-order valence-corrected chi connectivity index (χ4v) is 3.23. The van der Waals surface area contributed by atoms with E-state index in [-0.39, 0.29) is 5.69 Å². The van der Waals surface area contributed by atoms with E-state index in [1.165, 1.54) is 30.6 Å². The first-order chi connectivity index (χ1) is 8.08. The molecule has 1 fully saturated rings. The van der Waals surface area contributed by atoms with Crippen LogP contribution < -0.4 is 5.32 Å². The maximum Gasteiger partial charge on any atom is 0.355 e. The Bertz CT molecular complexity index is 417. The number of aromatic nitrogens is 1. The van der Waals surface area contributed by atoms with Crippen LogP contribution in [0.5, 0.6) is 0 Å². The van der Waals surface area contributed by atoms with Crippen LogP contribution in [0.25, 0.3) is 0 Å². The van der Waals surface area contributed by atoms with Crippen LogP contribution in [0.1, 0.15) is 41.6 Å². The molecule has 2 unspecified atom stereocenters. The lowest BCUT2D eigenvalue weighted by atomic mass is 9.98. The number of thiazole rings is 1. The summed E-state index contributed by atoms with van der Waals surface area (Å²) in [6.07, 6.45) is 3.89. The Morgan fingerprint density at radius 1 is 1.59 bits per heavy atom. The number of nitrogens with one attached hydrogen (secondary N) is 1. The number of carboxylic acids is 1. The maximum atomic E-state index is 10.9. The second-order valence-corrected chi connectivity index (χ2v) is 5.98. The second-order valence-electron chi connectivity index (χ2n) is 4.78. The molecular formula is C12H18N2O2S. The zero-order valence-electron chi connectivity index (χ0n) is 10.2. The monoisotopic (exact) mass is 254 g/mol. The van der Waals surface area contributed by atoms with E-state index in [0.717, 1.165) is 22.5 Å². The molecule has 0 bridgehead atoms. The minimum atomic E-state index is -0.943. The zero-order chi connectivity index (χ0) is 12.4. The van der Waals surface area contributed by atoms with Crippen molar-refractivity contribution >= 4 is 22.4 Å². The first-order valence-electron chi connectivity index (χ1n) is 6.02. The molecule has 0 radical (unpaired) electrons. The Labute approximate surface area is 105 Å². The van der Waals surface area contributed by atoms with E-state index in [0.29, 0.717) is 5.92 Å². The van der Waals surface area contributed by atoms with Crippen molar-refractivity contribution < 1.29 is 9.90 Å². The molecule has 1 heterocycles. The van der Waals surface area contributed by atoms with Gasteiger partial charge in [-0.3, -0.25) is 0 Å². The molecule has 2 rings (SSSR count). The van der Waals surface area contributed by atoms with Crippen molar-refractivity contribution in [3.8, 4) is 0 Å². The highest BCUT2D eigenvalue weighted by Crippen LogP contribution is 2.31. The minimum absolute atomic E-state index is 0.178. The molecule has 0 saturated heterocycles. The Hall–Kier alpha value is -1.10. The summed E-state index contributed by atoms with van der Waals surface area (Å²) in [4.78, 5) is 15.7. The molecule has 1 saturated carbocycles.